The standard InChI is InChI=1S/C34H36N6O5/c1-39-12-9-22(10-13-39)40-33(44)25-16-28-29(17-26(25)34(40)45)38-31(37-28)30-27(8-11-35-32(30)43)36-18-24(42)14-19-2-4-20-6-7-23(41)15-21(20)5-3-19/h3,5-8,11,15-17,19,22,24,41-42H,2,4,9-10,12-14,18H2,1H3,(H,37,38)(H2,35,36,43)/t19?,24-/m0/s1. The number of imidazole rings is 1. The number of likely N-dealkylation sites (tertiary alicyclic amines) is 1. The Kier molecular flexibility index (Phi) is 7.50. The Hall–Kier alpha value is -4.74. The minimum Gasteiger partial charge on any atom is -0.508 e. The number of aromatic nitrogens is 3. The number of nitrogens with one attached hydrogen (secondary N) is 3. The lowest BCUT2D eigenvalue weighted by Crippen LogP contribution is -2.46. The van der Waals surface area contributed by atoms with Gasteiger partial charge in [0.1, 0.15) is 17.1 Å². The average Bonchev–Trinajstić information content (AvgIpc) is 3.46. The number of hydrogen-bond donors (Lipinski definition) is 5. The Morgan fingerprint density at radius 1 is 1.04 bits per heavy atom. The van der Waals surface area contributed by atoms with E-state index in [2.05, 4.69) is 31.2 Å². The van der Waals surface area contributed by atoms with Crippen molar-refractivity contribution in [2.45, 2.75) is 44.2 Å². The van der Waals surface area contributed by atoms with Crippen LogP contribution < -0.4 is 10.9 Å². The van der Waals surface area contributed by atoms with Crippen LogP contribution in [0.5, 0.6) is 5.75 Å². The van der Waals surface area contributed by atoms with Crippen molar-refractivity contribution in [3.8, 4) is 17.1 Å². The van der Waals surface area contributed by atoms with Crippen LogP contribution in [-0.4, -0.2) is 85.6 Å². The summed E-state index contributed by atoms with van der Waals surface area (Å²) in [6, 6.07) is 10.3. The summed E-state index contributed by atoms with van der Waals surface area (Å²) >= 11 is 0. The number of aryl methyl sites for hydroxylation is 1. The van der Waals surface area contributed by atoms with Crippen molar-refractivity contribution in [2.75, 3.05) is 32.0 Å². The van der Waals surface area contributed by atoms with Crippen LogP contribution in [0.15, 0.2) is 53.5 Å². The number of fused-ring (bicyclic) bond motifs is 3. The van der Waals surface area contributed by atoms with Gasteiger partial charge in [0.05, 0.1) is 34.0 Å². The zero-order valence-corrected chi connectivity index (χ0v) is 25.0. The first-order valence-corrected chi connectivity index (χ1v) is 15.5. The van der Waals surface area contributed by atoms with E-state index in [4.69, 9.17) is 0 Å². The molecule has 7 rings (SSSR count). The molecule has 2 aromatic carbocycles. The number of amides is 2. The molecule has 232 valence electrons. The number of anilines is 1. The van der Waals surface area contributed by atoms with Gasteiger partial charge in [0.15, 0.2) is 0 Å². The summed E-state index contributed by atoms with van der Waals surface area (Å²) in [6.45, 7) is 1.89. The molecule has 2 aromatic heterocycles. The normalized spacial score (nSPS) is 19.5. The third kappa shape index (κ3) is 5.53. The van der Waals surface area contributed by atoms with Crippen molar-refractivity contribution < 1.29 is 19.8 Å². The van der Waals surface area contributed by atoms with E-state index < -0.39 is 6.10 Å². The van der Waals surface area contributed by atoms with E-state index in [0.29, 0.717) is 40.1 Å². The molecule has 0 saturated carbocycles. The number of aromatic amines is 2. The van der Waals surface area contributed by atoms with Crippen LogP contribution in [0, 0.1) is 5.92 Å². The first-order valence-electron chi connectivity index (χ1n) is 15.5. The molecule has 2 atom stereocenters. The molecule has 11 heteroatoms. The van der Waals surface area contributed by atoms with Crippen LogP contribution in [0.25, 0.3) is 28.5 Å². The molecule has 1 aliphatic carbocycles. The van der Waals surface area contributed by atoms with E-state index in [-0.39, 0.29) is 47.2 Å². The second kappa shape index (κ2) is 11.6. The zero-order chi connectivity index (χ0) is 31.2. The van der Waals surface area contributed by atoms with Gasteiger partial charge in [-0.1, -0.05) is 18.2 Å². The largest absolute Gasteiger partial charge is 0.508 e. The van der Waals surface area contributed by atoms with Gasteiger partial charge < -0.3 is 30.4 Å². The van der Waals surface area contributed by atoms with E-state index in [1.54, 1.807) is 30.3 Å². The predicted molar refractivity (Wildman–Crippen MR) is 171 cm³/mol. The molecule has 2 aliphatic heterocycles. The predicted octanol–water partition coefficient (Wildman–Crippen LogP) is 3.75. The van der Waals surface area contributed by atoms with Crippen molar-refractivity contribution >= 4 is 34.6 Å². The van der Waals surface area contributed by atoms with Gasteiger partial charge in [0.2, 0.25) is 0 Å². The average molecular weight is 609 g/mol. The monoisotopic (exact) mass is 608 g/mol. The summed E-state index contributed by atoms with van der Waals surface area (Å²) in [6.07, 6.45) is 8.72. The molecule has 45 heavy (non-hydrogen) atoms. The number of aliphatic hydroxyl groups is 1. The molecule has 1 fully saturated rings. The number of imide groups is 1. The Labute approximate surface area is 259 Å². The number of phenols is 1. The topological polar surface area (TPSA) is 155 Å². The quantitative estimate of drug-likeness (QED) is 0.199. The van der Waals surface area contributed by atoms with Gasteiger partial charge in [-0.15, -0.1) is 0 Å². The van der Waals surface area contributed by atoms with Crippen molar-refractivity contribution in [1.82, 2.24) is 24.8 Å². The Morgan fingerprint density at radius 2 is 1.82 bits per heavy atom. The second-order valence-corrected chi connectivity index (χ2v) is 12.4. The summed E-state index contributed by atoms with van der Waals surface area (Å²) < 4.78 is 0. The number of pyridine rings is 1. The van der Waals surface area contributed by atoms with Crippen LogP contribution in [0.3, 0.4) is 0 Å². The molecule has 11 nitrogen and oxygen atoms in total. The number of hydrogen-bond acceptors (Lipinski definition) is 8. The third-order valence-electron chi connectivity index (χ3n) is 9.34. The summed E-state index contributed by atoms with van der Waals surface area (Å²) in [5.74, 6) is 0.109. The molecule has 3 aliphatic rings. The first-order chi connectivity index (χ1) is 21.7. The summed E-state index contributed by atoms with van der Waals surface area (Å²) in [5.41, 5.74) is 4.30. The number of rotatable bonds is 7. The van der Waals surface area contributed by atoms with Gasteiger partial charge in [-0.2, -0.15) is 0 Å². The first kappa shape index (κ1) is 29.0. The fourth-order valence-corrected chi connectivity index (χ4v) is 6.83. The fourth-order valence-electron chi connectivity index (χ4n) is 6.83. The number of carbonyl (C=O) groups is 2. The molecule has 0 bridgehead atoms. The number of aromatic hydroxyl groups is 1. The lowest BCUT2D eigenvalue weighted by molar-refractivity contribution is 0.0516. The second-order valence-electron chi connectivity index (χ2n) is 12.4. The minimum atomic E-state index is -0.676. The minimum absolute atomic E-state index is 0.119. The van der Waals surface area contributed by atoms with Crippen molar-refractivity contribution in [3.05, 3.63) is 81.3 Å². The maximum atomic E-state index is 13.4. The molecule has 2 amide bonds. The van der Waals surface area contributed by atoms with E-state index >= 15 is 0 Å². The highest BCUT2D eigenvalue weighted by molar-refractivity contribution is 6.23. The number of H-pyrrole nitrogens is 2. The van der Waals surface area contributed by atoms with Crippen LogP contribution in [0.2, 0.25) is 0 Å². The van der Waals surface area contributed by atoms with E-state index in [1.165, 1.54) is 16.7 Å². The molecule has 0 radical (unpaired) electrons. The highest BCUT2D eigenvalue weighted by Gasteiger charge is 2.41. The summed E-state index contributed by atoms with van der Waals surface area (Å²) in [5, 5.41) is 24.0. The van der Waals surface area contributed by atoms with Gasteiger partial charge >= 0.3 is 0 Å². The smallest absolute Gasteiger partial charge is 0.261 e. The molecule has 1 unspecified atom stereocenters. The lowest BCUT2D eigenvalue weighted by Gasteiger charge is -2.33. The van der Waals surface area contributed by atoms with Gasteiger partial charge in [-0.25, -0.2) is 4.98 Å². The van der Waals surface area contributed by atoms with Crippen LogP contribution in [-0.2, 0) is 6.42 Å². The Balaban J connectivity index is 1.07. The van der Waals surface area contributed by atoms with E-state index in [0.717, 1.165) is 44.3 Å². The Bertz CT molecular complexity index is 1830. The molecule has 1 saturated heterocycles. The Morgan fingerprint density at radius 3 is 2.62 bits per heavy atom. The van der Waals surface area contributed by atoms with Crippen LogP contribution >= 0.6 is 0 Å². The van der Waals surface area contributed by atoms with Gasteiger partial charge in [0, 0.05) is 18.8 Å². The molecular weight excluding hydrogens is 572 g/mol. The van der Waals surface area contributed by atoms with E-state index in [1.807, 2.05) is 19.2 Å². The molecule has 4 aromatic rings. The third-order valence-corrected chi connectivity index (χ3v) is 9.34. The molecule has 5 N–H and O–H groups in total. The SMILES string of the molecule is CN1CCC(N2C(=O)c3cc4nc(-c5c(NC[C@@H](O)CC6C=Cc7cc(O)ccc7CC6)cc[nH]c5=O)[nH]c4cc3C2=O)CC1. The number of benzene rings is 2. The number of aliphatic hydroxyl groups excluding tert-OH is 1. The van der Waals surface area contributed by atoms with Gasteiger partial charge in [-0.3, -0.25) is 19.3 Å². The molecular formula is C34H36N6O5. The number of piperidine rings is 1. The number of nitrogens with zero attached hydrogens (tertiary/aromatic N) is 3. The molecule has 0 spiro atoms. The maximum absolute atomic E-state index is 13.4. The molecule has 4 heterocycles. The number of allylic oxidation sites excluding steroid dienone is 1. The fraction of sp³-hybridized carbons (Fsp3) is 0.353. The number of phenolic OH excluding ortho intramolecular Hbond substituents is 1. The summed E-state index contributed by atoms with van der Waals surface area (Å²) in [7, 11) is 2.04. The van der Waals surface area contributed by atoms with E-state index in [9.17, 15) is 24.6 Å². The van der Waals surface area contributed by atoms with Crippen LogP contribution in [0.4, 0.5) is 5.69 Å². The number of carbonyl (C=O) groups excluding carboxylic acids is 2. The van der Waals surface area contributed by atoms with Crippen molar-refractivity contribution in [1.29, 1.82) is 0 Å². The summed E-state index contributed by atoms with van der Waals surface area (Å²) in [4.78, 5) is 53.9. The highest BCUT2D eigenvalue weighted by Crippen LogP contribution is 2.33. The zero-order valence-electron chi connectivity index (χ0n) is 25.0. The van der Waals surface area contributed by atoms with Gasteiger partial charge in [-0.05, 0) is 99.6 Å². The van der Waals surface area contributed by atoms with Crippen LogP contribution in [0.1, 0.15) is 57.5 Å². The van der Waals surface area contributed by atoms with Crippen molar-refractivity contribution in [3.63, 3.8) is 0 Å². The highest BCUT2D eigenvalue weighted by atomic mass is 16.3. The van der Waals surface area contributed by atoms with Gasteiger partial charge in [0.25, 0.3) is 17.4 Å². The van der Waals surface area contributed by atoms with Crippen molar-refractivity contribution in [2.24, 2.45) is 5.92 Å². The maximum Gasteiger partial charge on any atom is 0.261 e. The lowest BCUT2D eigenvalue weighted by atomic mass is 9.95.